The summed E-state index contributed by atoms with van der Waals surface area (Å²) in [6.45, 7) is 7.75. The molecule has 46 heteroatoms. The summed E-state index contributed by atoms with van der Waals surface area (Å²) >= 11 is 14.7. The molecule has 8 heterocycles. The molecule has 1 aromatic heterocycles. The predicted octanol–water partition coefficient (Wildman–Crippen LogP) is 4.73. The van der Waals surface area contributed by atoms with Crippen LogP contribution in [-0.4, -0.2) is 251 Å². The van der Waals surface area contributed by atoms with E-state index in [2.05, 4.69) is 62.9 Å². The van der Waals surface area contributed by atoms with E-state index in [4.69, 9.17) is 67.8 Å². The number of aliphatic carboxylic acids is 1. The molecule has 0 saturated carbocycles. The molecular formula is C97H112Cl2F3N13O28. The standard InChI is InChI=1S/C97H112Cl2F3N13O28/c1-43(2)26-60(105-7)87(129)114-78-79(123)50-16-19-67(59(99)31-50)138-69-33-52-32-68(83(69)141-93-82(126)81(125)84(72(41-116)140-93)142-92-65(121)36-64(120)71(139-92)40-108-38-47-10-8-12-53(27-47)111-86(128)51-11-9-13-54(28-51)143-97(100,101)102)137-66-18-15-49(30-58(66)98)75(70-37-95(5,104)85(127)45(4)136-70)96(6,109-42-117)94(135)115-77(91(133)134)56-34-63(119)57(39-107-25-22-46-20-23-106-24-21-46)80(124)74(56)55-29-48(14-17-62(55)118)44(3)110-89(131)76(52)113-88(130)61(35-73(103)122)112-90(78)132/h8-21,23-24,27-34,42-45,60-61,64-65,70-72,75-79,81-82,84-85,92-93,105,107-108,116,118-121,123-127H,22,25-26,35-41,104H2,1-7H3,(H2,103,122)(H,109,117)(H,110,131)(H,111,128)(H,112,132)(H,113,130)(H,114,129)(H,115,135)(H,133,134)/t44-,45-,60+,61-,64+,65+,70?,71+,72+,75-,76+,77+,78?,79+,81+,82+,84+,85-,92-,93-,95-,96-/m0/s1. The average molecular weight is 2040 g/mol. The lowest BCUT2D eigenvalue weighted by Crippen LogP contribution is -2.66. The molecule has 2 unspecified atom stereocenters. The van der Waals surface area contributed by atoms with Gasteiger partial charge in [-0.15, -0.1) is 13.2 Å². The molecule has 22 atom stereocenters. The number of hydrogen-bond acceptors (Lipinski definition) is 32. The summed E-state index contributed by atoms with van der Waals surface area (Å²) in [5, 5.41) is 158. The first-order chi connectivity index (χ1) is 67.7. The minimum atomic E-state index is -5.02. The van der Waals surface area contributed by atoms with Gasteiger partial charge in [0.25, 0.3) is 5.91 Å². The molecule has 15 rings (SSSR count). The third kappa shape index (κ3) is 25.4. The number of carboxylic acid groups (broad SMARTS) is 1. The van der Waals surface area contributed by atoms with E-state index in [0.717, 1.165) is 48.0 Å². The zero-order valence-electron chi connectivity index (χ0n) is 78.0. The number of aromatic nitrogens is 1. The van der Waals surface area contributed by atoms with Crippen molar-refractivity contribution in [3.63, 3.8) is 0 Å². The summed E-state index contributed by atoms with van der Waals surface area (Å²) in [5.41, 5.74) is 7.57. The second-order valence-corrected chi connectivity index (χ2v) is 37.2. The number of rotatable bonds is 28. The van der Waals surface area contributed by atoms with Crippen LogP contribution in [0.15, 0.2) is 146 Å². The van der Waals surface area contributed by atoms with Gasteiger partial charge in [-0.3, -0.25) is 43.3 Å². The number of ether oxygens (including phenoxy) is 8. The van der Waals surface area contributed by atoms with Gasteiger partial charge in [0.15, 0.2) is 23.8 Å². The number of phenolic OH excluding ortho intramolecular Hbond substituents is 3. The van der Waals surface area contributed by atoms with E-state index >= 15 is 19.2 Å². The molecule has 3 fully saturated rings. The number of likely N-dealkylation sites (N-methyl/N-ethyl adjacent to an activating group) is 1. The Hall–Kier alpha value is -12.7. The van der Waals surface area contributed by atoms with E-state index in [0.29, 0.717) is 12.0 Å². The number of aromatic hydroxyl groups is 3. The van der Waals surface area contributed by atoms with Crippen LogP contribution in [0.5, 0.6) is 51.7 Å². The number of amides is 8. The summed E-state index contributed by atoms with van der Waals surface area (Å²) in [6.07, 6.45) is -25.8. The number of nitrogens with one attached hydrogen (secondary N) is 10. The van der Waals surface area contributed by atoms with Crippen LogP contribution in [0.2, 0.25) is 10.0 Å². The first kappa shape index (κ1) is 108. The van der Waals surface area contributed by atoms with Gasteiger partial charge in [-0.2, -0.15) is 0 Å². The number of carboxylic acids is 1. The maximum Gasteiger partial charge on any atom is 0.573 e. The molecule has 768 valence electrons. The largest absolute Gasteiger partial charge is 0.573 e. The maximum atomic E-state index is 16.3. The Kier molecular flexibility index (Phi) is 34.5. The minimum absolute atomic E-state index is 0.0161. The van der Waals surface area contributed by atoms with Crippen LogP contribution in [0, 0.1) is 5.92 Å². The summed E-state index contributed by atoms with van der Waals surface area (Å²) in [4.78, 5) is 136. The lowest BCUT2D eigenvalue weighted by Gasteiger charge is -2.49. The van der Waals surface area contributed by atoms with Crippen molar-refractivity contribution in [3.8, 4) is 62.9 Å². The van der Waals surface area contributed by atoms with Gasteiger partial charge in [0.1, 0.15) is 94.8 Å². The first-order valence-electron chi connectivity index (χ1n) is 45.5. The number of carbonyl (C=O) groups excluding carboxylic acids is 8. The van der Waals surface area contributed by atoms with Gasteiger partial charge < -0.3 is 159 Å². The van der Waals surface area contributed by atoms with E-state index in [1.54, 1.807) is 42.7 Å². The third-order valence-electron chi connectivity index (χ3n) is 25.4. The number of nitrogens with zero attached hydrogens (tertiary/aromatic N) is 1. The molecule has 8 aromatic rings. The smallest absolute Gasteiger partial charge is 0.507 e. The number of alkyl halides is 3. The number of anilines is 1. The fourth-order valence-corrected chi connectivity index (χ4v) is 18.4. The van der Waals surface area contributed by atoms with E-state index in [-0.39, 0.29) is 84.9 Å². The normalized spacial score (nSPS) is 27.2. The van der Waals surface area contributed by atoms with Crippen molar-refractivity contribution in [2.24, 2.45) is 17.4 Å². The number of fused-ring (bicyclic) bond motifs is 16. The van der Waals surface area contributed by atoms with Crippen molar-refractivity contribution in [3.05, 3.63) is 206 Å². The average Bonchev–Trinajstić information content (AvgIpc) is 0.744. The number of aliphatic hydroxyl groups excluding tert-OH is 7. The zero-order chi connectivity index (χ0) is 104. The van der Waals surface area contributed by atoms with Gasteiger partial charge in [-0.25, -0.2) is 4.79 Å². The summed E-state index contributed by atoms with van der Waals surface area (Å²) < 4.78 is 88.5. The highest BCUT2D eigenvalue weighted by Gasteiger charge is 2.55. The molecular weight excluding hydrogens is 1920 g/mol. The van der Waals surface area contributed by atoms with E-state index in [1.165, 1.54) is 95.4 Å². The molecule has 25 N–H and O–H groups in total. The number of carbonyl (C=O) groups is 9. The van der Waals surface area contributed by atoms with E-state index in [1.807, 2.05) is 13.8 Å². The number of nitrogens with two attached hydrogens (primary N) is 2. The van der Waals surface area contributed by atoms with Crippen LogP contribution in [0.1, 0.15) is 152 Å². The highest BCUT2D eigenvalue weighted by Crippen LogP contribution is 2.52. The van der Waals surface area contributed by atoms with Gasteiger partial charge in [0, 0.05) is 77.8 Å². The van der Waals surface area contributed by atoms with Crippen LogP contribution in [0.25, 0.3) is 11.1 Å². The minimum Gasteiger partial charge on any atom is -0.507 e. The van der Waals surface area contributed by atoms with Crippen molar-refractivity contribution in [1.29, 1.82) is 0 Å². The summed E-state index contributed by atoms with van der Waals surface area (Å²) in [6, 6.07) is 16.7. The SMILES string of the molecule is CN[C@H](CC(C)C)C(=O)NC1C(=O)N[C@@H](CC(N)=O)C(=O)N[C@H]2C(=O)N[C@@H](C)c3ccc(O)c(c3)-c3c(cc(O)c(CNCCc4ccncc4)c3O)[C@H](C(=O)O)NC(=O)[C@@](C)(NC=O)[C@H](C3C[C@](C)(N)[C@@H](O)[C@H](C)O3)c3ccc(c(Cl)c3)Oc3cc2cc(c3O[C@@H]2O[C@H](CO)[C@@H](O[C@@H]3O[C@H](CNCc4cccc(NC(=O)c5cccc(OC(F)(F)F)c5)c4)[C@H](O)C[C@H]3O)[C@H](O)[C@H]2O)Oc2ccc(cc2Cl)[C@H]1O. The highest BCUT2D eigenvalue weighted by molar-refractivity contribution is 6.32. The second-order valence-electron chi connectivity index (χ2n) is 36.4. The molecule has 0 spiro atoms. The van der Waals surface area contributed by atoms with Gasteiger partial charge in [-0.05, 0) is 197 Å². The molecule has 3 saturated heterocycles. The monoisotopic (exact) mass is 2030 g/mol. The fraction of sp³-hybridized carbons (Fsp3) is 0.423. The zero-order valence-corrected chi connectivity index (χ0v) is 79.5. The molecule has 0 aliphatic carbocycles. The summed E-state index contributed by atoms with van der Waals surface area (Å²) in [7, 11) is 1.47. The molecule has 7 aliphatic rings. The number of benzene rings is 7. The lowest BCUT2D eigenvalue weighted by molar-refractivity contribution is -0.338. The number of hydrogen-bond donors (Lipinski definition) is 23. The Morgan fingerprint density at radius 2 is 1.38 bits per heavy atom. The number of primary amides is 1. The van der Waals surface area contributed by atoms with Crippen LogP contribution < -0.4 is 83.6 Å². The van der Waals surface area contributed by atoms with Gasteiger partial charge >= 0.3 is 12.3 Å². The number of aliphatic hydroxyl groups is 7. The Morgan fingerprint density at radius 3 is 2.03 bits per heavy atom. The van der Waals surface area contributed by atoms with Crippen molar-refractivity contribution < 1.29 is 150 Å². The van der Waals surface area contributed by atoms with Crippen LogP contribution in [0.4, 0.5) is 18.9 Å². The molecule has 7 aromatic carbocycles. The number of phenols is 3. The highest BCUT2D eigenvalue weighted by atomic mass is 35.5. The van der Waals surface area contributed by atoms with Crippen molar-refractivity contribution >= 4 is 82.6 Å². The Labute approximate surface area is 826 Å². The molecule has 7 aliphatic heterocycles. The predicted molar refractivity (Wildman–Crippen MR) is 503 cm³/mol. The number of halogens is 5. The molecule has 9 bridgehead atoms. The van der Waals surface area contributed by atoms with Crippen molar-refractivity contribution in [2.45, 2.75) is 226 Å². The van der Waals surface area contributed by atoms with Crippen LogP contribution in [0.3, 0.4) is 0 Å². The van der Waals surface area contributed by atoms with E-state index < -0.39 is 290 Å². The lowest BCUT2D eigenvalue weighted by atomic mass is 9.70. The molecule has 41 nitrogen and oxygen atoms in total. The Morgan fingerprint density at radius 1 is 0.713 bits per heavy atom. The van der Waals surface area contributed by atoms with Crippen molar-refractivity contribution in [2.75, 3.05) is 32.1 Å². The van der Waals surface area contributed by atoms with Gasteiger partial charge in [0.05, 0.1) is 71.2 Å². The molecule has 143 heavy (non-hydrogen) atoms. The van der Waals surface area contributed by atoms with E-state index in [9.17, 15) is 93.3 Å². The molecule has 0 radical (unpaired) electrons. The van der Waals surface area contributed by atoms with Crippen LogP contribution >= 0.6 is 23.2 Å². The van der Waals surface area contributed by atoms with Gasteiger partial charge in [0.2, 0.25) is 53.9 Å². The van der Waals surface area contributed by atoms with Crippen molar-refractivity contribution in [1.82, 2.24) is 52.8 Å². The summed E-state index contributed by atoms with van der Waals surface area (Å²) in [5.74, 6) is -17.6. The topological polar surface area (TPSA) is 635 Å². The Balaban J connectivity index is 0.944. The number of pyridine rings is 1. The third-order valence-corrected chi connectivity index (χ3v) is 26.0. The van der Waals surface area contributed by atoms with Crippen LogP contribution in [-0.2, 0) is 76.8 Å². The second kappa shape index (κ2) is 45.9. The maximum absolute atomic E-state index is 16.3. The molecule has 8 amide bonds. The van der Waals surface area contributed by atoms with Gasteiger partial charge in [-0.1, -0.05) is 73.4 Å². The Bertz CT molecular complexity index is 6000. The first-order valence-corrected chi connectivity index (χ1v) is 46.3. The fourth-order valence-electron chi connectivity index (χ4n) is 17.9. The quantitative estimate of drug-likeness (QED) is 0.0233.